The van der Waals surface area contributed by atoms with Crippen LogP contribution in [0.5, 0.6) is 0 Å². The van der Waals surface area contributed by atoms with Gasteiger partial charge in [0.2, 0.25) is 11.8 Å². The summed E-state index contributed by atoms with van der Waals surface area (Å²) in [6.07, 6.45) is 7.89. The maximum atomic E-state index is 12.8. The topological polar surface area (TPSA) is 66.4 Å². The highest BCUT2D eigenvalue weighted by molar-refractivity contribution is 5.87. The van der Waals surface area contributed by atoms with Crippen LogP contribution < -0.4 is 0 Å². The third kappa shape index (κ3) is 5.32. The average Bonchev–Trinajstić information content (AvgIpc) is 2.78. The largest absolute Gasteiger partial charge is 0.336 e. The van der Waals surface area contributed by atoms with E-state index in [9.17, 15) is 9.59 Å². The van der Waals surface area contributed by atoms with Crippen molar-refractivity contribution in [2.75, 3.05) is 19.6 Å². The van der Waals surface area contributed by atoms with Crippen molar-refractivity contribution < 1.29 is 9.59 Å². The van der Waals surface area contributed by atoms with E-state index in [4.69, 9.17) is 0 Å². The van der Waals surface area contributed by atoms with Crippen molar-refractivity contribution in [3.63, 3.8) is 0 Å². The van der Waals surface area contributed by atoms with Gasteiger partial charge in [0, 0.05) is 44.5 Å². The van der Waals surface area contributed by atoms with Gasteiger partial charge in [-0.1, -0.05) is 13.5 Å². The fourth-order valence-corrected chi connectivity index (χ4v) is 3.90. The molecule has 0 N–H and O–H groups in total. The van der Waals surface area contributed by atoms with E-state index in [0.29, 0.717) is 26.1 Å². The maximum absolute atomic E-state index is 12.8. The lowest BCUT2D eigenvalue weighted by atomic mass is 10.0. The Bertz CT molecular complexity index is 912. The van der Waals surface area contributed by atoms with Crippen molar-refractivity contribution in [2.45, 2.75) is 45.6 Å². The number of aromatic nitrogens is 2. The van der Waals surface area contributed by atoms with Crippen molar-refractivity contribution in [3.05, 3.63) is 60.4 Å². The molecule has 3 rings (SSSR count). The molecule has 1 fully saturated rings. The Morgan fingerprint density at radius 3 is 2.60 bits per heavy atom. The molecule has 0 saturated carbocycles. The fourth-order valence-electron chi connectivity index (χ4n) is 3.90. The summed E-state index contributed by atoms with van der Waals surface area (Å²) >= 11 is 0. The van der Waals surface area contributed by atoms with Crippen molar-refractivity contribution in [3.8, 4) is 11.4 Å². The number of pyridine rings is 2. The SMILES string of the molecule is C=CC(=O)N1CCN(C(=O)CCCc2ccnc(-c3cc(C)ccn3)c2)C(CC)C1. The van der Waals surface area contributed by atoms with E-state index >= 15 is 0 Å². The molecule has 0 radical (unpaired) electrons. The van der Waals surface area contributed by atoms with Gasteiger partial charge >= 0.3 is 0 Å². The molecule has 2 amide bonds. The van der Waals surface area contributed by atoms with E-state index in [-0.39, 0.29) is 17.9 Å². The molecule has 158 valence electrons. The molecule has 0 aromatic carbocycles. The van der Waals surface area contributed by atoms with E-state index in [1.165, 1.54) is 6.08 Å². The highest BCUT2D eigenvalue weighted by Crippen LogP contribution is 2.19. The molecule has 0 spiro atoms. The number of hydrogen-bond donors (Lipinski definition) is 0. The number of aryl methyl sites for hydroxylation is 2. The van der Waals surface area contributed by atoms with Gasteiger partial charge in [0.1, 0.15) is 0 Å². The molecule has 6 heteroatoms. The van der Waals surface area contributed by atoms with Gasteiger partial charge in [-0.05, 0) is 67.7 Å². The second-order valence-electron chi connectivity index (χ2n) is 7.76. The summed E-state index contributed by atoms with van der Waals surface area (Å²) in [6.45, 7) is 9.41. The summed E-state index contributed by atoms with van der Waals surface area (Å²) in [5, 5.41) is 0. The average molecular weight is 407 g/mol. The Kier molecular flexibility index (Phi) is 7.33. The van der Waals surface area contributed by atoms with Gasteiger partial charge in [-0.25, -0.2) is 0 Å². The van der Waals surface area contributed by atoms with Gasteiger partial charge in [0.25, 0.3) is 0 Å². The van der Waals surface area contributed by atoms with Crippen LogP contribution in [0.4, 0.5) is 0 Å². The van der Waals surface area contributed by atoms with Gasteiger partial charge in [-0.15, -0.1) is 0 Å². The predicted molar refractivity (Wildman–Crippen MR) is 118 cm³/mol. The molecule has 6 nitrogen and oxygen atoms in total. The molecule has 1 aliphatic heterocycles. The molecule has 0 bridgehead atoms. The first-order valence-electron chi connectivity index (χ1n) is 10.6. The molecule has 2 aromatic heterocycles. The molecule has 0 aliphatic carbocycles. The van der Waals surface area contributed by atoms with Crippen molar-refractivity contribution >= 4 is 11.8 Å². The molecule has 1 unspecified atom stereocenters. The zero-order chi connectivity index (χ0) is 21.5. The Balaban J connectivity index is 1.55. The number of carbonyl (C=O) groups is 2. The Labute approximate surface area is 178 Å². The van der Waals surface area contributed by atoms with Crippen LogP contribution in [0.2, 0.25) is 0 Å². The number of nitrogens with zero attached hydrogens (tertiary/aromatic N) is 4. The van der Waals surface area contributed by atoms with E-state index in [1.807, 2.05) is 30.0 Å². The first-order chi connectivity index (χ1) is 14.5. The highest BCUT2D eigenvalue weighted by atomic mass is 16.2. The number of hydrogen-bond acceptors (Lipinski definition) is 4. The van der Waals surface area contributed by atoms with Gasteiger partial charge in [-0.3, -0.25) is 19.6 Å². The summed E-state index contributed by atoms with van der Waals surface area (Å²) in [6, 6.07) is 8.13. The summed E-state index contributed by atoms with van der Waals surface area (Å²) in [5.74, 6) is 0.110. The van der Waals surface area contributed by atoms with Gasteiger partial charge in [0.05, 0.1) is 11.4 Å². The van der Waals surface area contributed by atoms with Crippen LogP contribution in [0.25, 0.3) is 11.4 Å². The summed E-state index contributed by atoms with van der Waals surface area (Å²) in [5.41, 5.74) is 4.03. The van der Waals surface area contributed by atoms with Crippen molar-refractivity contribution in [1.29, 1.82) is 0 Å². The molecule has 3 heterocycles. The van der Waals surface area contributed by atoms with Gasteiger partial charge in [0.15, 0.2) is 0 Å². The Hall–Kier alpha value is -3.02. The molecule has 1 aliphatic rings. The number of piperazine rings is 1. The van der Waals surface area contributed by atoms with Crippen LogP contribution in [-0.4, -0.2) is 57.3 Å². The lowest BCUT2D eigenvalue weighted by Gasteiger charge is -2.41. The molecule has 1 atom stereocenters. The van der Waals surface area contributed by atoms with Crippen LogP contribution >= 0.6 is 0 Å². The molecular weight excluding hydrogens is 376 g/mol. The van der Waals surface area contributed by atoms with Gasteiger partial charge < -0.3 is 9.80 Å². The van der Waals surface area contributed by atoms with E-state index in [2.05, 4.69) is 29.5 Å². The van der Waals surface area contributed by atoms with Crippen LogP contribution in [0, 0.1) is 6.92 Å². The van der Waals surface area contributed by atoms with E-state index < -0.39 is 0 Å². The zero-order valence-corrected chi connectivity index (χ0v) is 17.9. The summed E-state index contributed by atoms with van der Waals surface area (Å²) in [7, 11) is 0. The van der Waals surface area contributed by atoms with Crippen LogP contribution in [0.1, 0.15) is 37.3 Å². The number of rotatable bonds is 7. The second kappa shape index (κ2) is 10.1. The molecule has 2 aromatic rings. The predicted octanol–water partition coefficient (Wildman–Crippen LogP) is 3.41. The van der Waals surface area contributed by atoms with Crippen LogP contribution in [0.3, 0.4) is 0 Å². The lowest BCUT2D eigenvalue weighted by molar-refractivity contribution is -0.141. The van der Waals surface area contributed by atoms with Crippen LogP contribution in [-0.2, 0) is 16.0 Å². The van der Waals surface area contributed by atoms with Crippen LogP contribution in [0.15, 0.2) is 49.3 Å². The third-order valence-corrected chi connectivity index (χ3v) is 5.62. The minimum atomic E-state index is -0.0582. The Morgan fingerprint density at radius 2 is 1.90 bits per heavy atom. The third-order valence-electron chi connectivity index (χ3n) is 5.62. The zero-order valence-electron chi connectivity index (χ0n) is 17.9. The number of amides is 2. The first-order valence-corrected chi connectivity index (χ1v) is 10.6. The van der Waals surface area contributed by atoms with E-state index in [0.717, 1.165) is 41.8 Å². The Morgan fingerprint density at radius 1 is 1.17 bits per heavy atom. The lowest BCUT2D eigenvalue weighted by Crippen LogP contribution is -2.56. The van der Waals surface area contributed by atoms with E-state index in [1.54, 1.807) is 17.3 Å². The monoisotopic (exact) mass is 406 g/mol. The summed E-state index contributed by atoms with van der Waals surface area (Å²) < 4.78 is 0. The normalized spacial score (nSPS) is 16.4. The highest BCUT2D eigenvalue weighted by Gasteiger charge is 2.30. The molecule has 30 heavy (non-hydrogen) atoms. The molecule has 1 saturated heterocycles. The van der Waals surface area contributed by atoms with Gasteiger partial charge in [-0.2, -0.15) is 0 Å². The quantitative estimate of drug-likeness (QED) is 0.661. The minimum Gasteiger partial charge on any atom is -0.336 e. The standard InChI is InChI=1S/C24H30N4O2/c1-4-20-17-27(23(29)5-2)13-14-28(20)24(30)8-6-7-19-10-12-26-22(16-19)21-15-18(3)9-11-25-21/h5,9-12,15-16,20H,2,4,6-8,13-14,17H2,1,3H3. The number of carbonyl (C=O) groups excluding carboxylic acids is 2. The molecular formula is C24H30N4O2. The fraction of sp³-hybridized carbons (Fsp3) is 0.417. The second-order valence-corrected chi connectivity index (χ2v) is 7.76. The maximum Gasteiger partial charge on any atom is 0.246 e. The first kappa shape index (κ1) is 21.7. The minimum absolute atomic E-state index is 0.0582. The smallest absolute Gasteiger partial charge is 0.246 e. The van der Waals surface area contributed by atoms with Crippen molar-refractivity contribution in [1.82, 2.24) is 19.8 Å². The van der Waals surface area contributed by atoms with Crippen molar-refractivity contribution in [2.24, 2.45) is 0 Å². The summed E-state index contributed by atoms with van der Waals surface area (Å²) in [4.78, 5) is 37.3.